The third-order valence-corrected chi connectivity index (χ3v) is 6.51. The molecule has 1 unspecified atom stereocenters. The van der Waals surface area contributed by atoms with Crippen LogP contribution in [0.4, 0.5) is 0 Å². The van der Waals surface area contributed by atoms with Crippen LogP contribution in [0.1, 0.15) is 79.3 Å². The first kappa shape index (κ1) is 22.9. The SMILES string of the molecule is CC1(C)CCCC(C)(C)N1OC(CON1C(=O)c2ccccc2C1=O)c1ccc(Cl)cc1. The van der Waals surface area contributed by atoms with E-state index >= 15 is 0 Å². The van der Waals surface area contributed by atoms with Gasteiger partial charge in [0.2, 0.25) is 0 Å². The lowest BCUT2D eigenvalue weighted by Gasteiger charge is -2.52. The first-order valence-electron chi connectivity index (χ1n) is 10.9. The number of hydroxylamine groups is 4. The Bertz CT molecular complexity index is 968. The molecule has 4 rings (SSSR count). The summed E-state index contributed by atoms with van der Waals surface area (Å²) in [6.45, 7) is 8.65. The Morgan fingerprint density at radius 2 is 1.44 bits per heavy atom. The van der Waals surface area contributed by atoms with Gasteiger partial charge in [-0.05, 0) is 76.8 Å². The fourth-order valence-corrected chi connectivity index (χ4v) is 4.81. The number of imide groups is 1. The zero-order chi connectivity index (χ0) is 23.1. The second-order valence-corrected chi connectivity index (χ2v) is 10.1. The molecule has 2 aliphatic rings. The number of piperidine rings is 1. The Balaban J connectivity index is 1.58. The van der Waals surface area contributed by atoms with Gasteiger partial charge in [-0.3, -0.25) is 19.3 Å². The lowest BCUT2D eigenvalue weighted by Crippen LogP contribution is -2.58. The van der Waals surface area contributed by atoms with Crippen molar-refractivity contribution in [3.05, 3.63) is 70.2 Å². The minimum Gasteiger partial charge on any atom is -0.287 e. The van der Waals surface area contributed by atoms with E-state index in [-0.39, 0.29) is 17.7 Å². The average Bonchev–Trinajstić information content (AvgIpc) is 2.98. The molecule has 0 saturated carbocycles. The summed E-state index contributed by atoms with van der Waals surface area (Å²) in [5.41, 5.74) is 1.19. The van der Waals surface area contributed by atoms with Crippen molar-refractivity contribution in [3.8, 4) is 0 Å². The molecular weight excluding hydrogens is 428 g/mol. The van der Waals surface area contributed by atoms with E-state index in [1.54, 1.807) is 36.4 Å². The zero-order valence-electron chi connectivity index (χ0n) is 18.9. The van der Waals surface area contributed by atoms with Crippen molar-refractivity contribution in [1.29, 1.82) is 0 Å². The third kappa shape index (κ3) is 4.33. The number of benzene rings is 2. The van der Waals surface area contributed by atoms with Gasteiger partial charge in [-0.1, -0.05) is 35.9 Å². The minimum atomic E-state index is -0.534. The summed E-state index contributed by atoms with van der Waals surface area (Å²) in [6.07, 6.45) is 2.59. The fraction of sp³-hybridized carbons (Fsp3) is 0.440. The molecule has 0 aromatic heterocycles. The quantitative estimate of drug-likeness (QED) is 0.531. The predicted octanol–water partition coefficient (Wildman–Crippen LogP) is 5.58. The molecule has 6 nitrogen and oxygen atoms in total. The molecule has 1 saturated heterocycles. The molecule has 1 atom stereocenters. The lowest BCUT2D eigenvalue weighted by atomic mass is 9.82. The van der Waals surface area contributed by atoms with Crippen LogP contribution in [0.15, 0.2) is 48.5 Å². The summed E-state index contributed by atoms with van der Waals surface area (Å²) in [5, 5.41) is 3.50. The highest BCUT2D eigenvalue weighted by molar-refractivity contribution is 6.30. The molecule has 2 amide bonds. The summed E-state index contributed by atoms with van der Waals surface area (Å²) < 4.78 is 0. The molecule has 0 aliphatic carbocycles. The highest BCUT2D eigenvalue weighted by Crippen LogP contribution is 2.40. The van der Waals surface area contributed by atoms with E-state index in [1.807, 2.05) is 12.1 Å². The molecule has 1 fully saturated rings. The van der Waals surface area contributed by atoms with Gasteiger partial charge in [0.25, 0.3) is 11.8 Å². The number of carbonyl (C=O) groups excluding carboxylic acids is 2. The summed E-state index contributed by atoms with van der Waals surface area (Å²) in [6, 6.07) is 14.1. The van der Waals surface area contributed by atoms with Crippen LogP contribution >= 0.6 is 11.6 Å². The third-order valence-electron chi connectivity index (χ3n) is 6.26. The number of nitrogens with zero attached hydrogens (tertiary/aromatic N) is 2. The Morgan fingerprint density at radius 3 is 1.97 bits per heavy atom. The van der Waals surface area contributed by atoms with Crippen LogP contribution in [0.5, 0.6) is 0 Å². The maximum absolute atomic E-state index is 12.7. The minimum absolute atomic E-state index is 0.00421. The number of amides is 2. The maximum Gasteiger partial charge on any atom is 0.285 e. The molecule has 0 N–H and O–H groups in total. The van der Waals surface area contributed by atoms with Gasteiger partial charge in [0.05, 0.1) is 11.1 Å². The van der Waals surface area contributed by atoms with Gasteiger partial charge in [-0.2, -0.15) is 5.06 Å². The van der Waals surface area contributed by atoms with Crippen LogP contribution < -0.4 is 0 Å². The van der Waals surface area contributed by atoms with Crippen molar-refractivity contribution in [1.82, 2.24) is 10.1 Å². The fourth-order valence-electron chi connectivity index (χ4n) is 4.68. The summed E-state index contributed by atoms with van der Waals surface area (Å²) in [4.78, 5) is 37.8. The molecule has 2 aliphatic heterocycles. The Morgan fingerprint density at radius 1 is 0.906 bits per heavy atom. The number of hydrogen-bond acceptors (Lipinski definition) is 5. The van der Waals surface area contributed by atoms with E-state index in [2.05, 4.69) is 32.8 Å². The van der Waals surface area contributed by atoms with Gasteiger partial charge in [0.15, 0.2) is 0 Å². The molecule has 7 heteroatoms. The molecule has 0 spiro atoms. The summed E-state index contributed by atoms with van der Waals surface area (Å²) in [5.74, 6) is -0.918. The van der Waals surface area contributed by atoms with E-state index in [0.29, 0.717) is 16.1 Å². The molecule has 2 aromatic rings. The molecule has 170 valence electrons. The van der Waals surface area contributed by atoms with Crippen molar-refractivity contribution in [2.45, 2.75) is 64.1 Å². The van der Waals surface area contributed by atoms with Gasteiger partial charge in [0, 0.05) is 16.1 Å². The van der Waals surface area contributed by atoms with E-state index in [1.165, 1.54) is 0 Å². The van der Waals surface area contributed by atoms with Gasteiger partial charge in [-0.15, -0.1) is 5.06 Å². The normalized spacial score (nSPS) is 21.0. The van der Waals surface area contributed by atoms with Crippen molar-refractivity contribution >= 4 is 23.4 Å². The standard InChI is InChI=1S/C25H29ClN2O4/c1-24(2)14-7-15-25(3,4)28(24)32-21(17-10-12-18(26)13-11-17)16-31-27-22(29)19-8-5-6-9-20(19)23(27)30/h5-6,8-13,21H,7,14-16H2,1-4H3. The number of fused-ring (bicyclic) bond motifs is 1. The molecule has 32 heavy (non-hydrogen) atoms. The number of halogens is 1. The highest BCUT2D eigenvalue weighted by Gasteiger charge is 2.44. The van der Waals surface area contributed by atoms with Crippen LogP contribution in [0.3, 0.4) is 0 Å². The van der Waals surface area contributed by atoms with Crippen molar-refractivity contribution in [3.63, 3.8) is 0 Å². The van der Waals surface area contributed by atoms with Crippen LogP contribution in [0.2, 0.25) is 5.02 Å². The van der Waals surface area contributed by atoms with Crippen molar-refractivity contribution in [2.75, 3.05) is 6.61 Å². The number of rotatable bonds is 6. The molecule has 2 heterocycles. The zero-order valence-corrected chi connectivity index (χ0v) is 19.7. The van der Waals surface area contributed by atoms with Crippen LogP contribution in [-0.2, 0) is 9.68 Å². The molecule has 0 radical (unpaired) electrons. The number of carbonyl (C=O) groups is 2. The van der Waals surface area contributed by atoms with Crippen molar-refractivity contribution < 1.29 is 19.3 Å². The Hall–Kier alpha value is -2.25. The Labute approximate surface area is 194 Å². The van der Waals surface area contributed by atoms with Crippen molar-refractivity contribution in [2.24, 2.45) is 0 Å². The first-order valence-corrected chi connectivity index (χ1v) is 11.3. The molecule has 0 bridgehead atoms. The smallest absolute Gasteiger partial charge is 0.285 e. The van der Waals surface area contributed by atoms with E-state index in [0.717, 1.165) is 29.9 Å². The van der Waals surface area contributed by atoms with Gasteiger partial charge >= 0.3 is 0 Å². The second kappa shape index (κ2) is 8.60. The molecule has 2 aromatic carbocycles. The molecular formula is C25H29ClN2O4. The topological polar surface area (TPSA) is 59.1 Å². The second-order valence-electron chi connectivity index (χ2n) is 9.66. The first-order chi connectivity index (χ1) is 15.1. The van der Waals surface area contributed by atoms with Gasteiger partial charge in [-0.25, -0.2) is 0 Å². The number of hydrogen-bond donors (Lipinski definition) is 0. The summed E-state index contributed by atoms with van der Waals surface area (Å²) in [7, 11) is 0. The lowest BCUT2D eigenvalue weighted by molar-refractivity contribution is -0.318. The van der Waals surface area contributed by atoms with E-state index in [4.69, 9.17) is 21.3 Å². The van der Waals surface area contributed by atoms with Crippen LogP contribution in [0, 0.1) is 0 Å². The van der Waals surface area contributed by atoms with E-state index < -0.39 is 17.9 Å². The van der Waals surface area contributed by atoms with Crippen LogP contribution in [-0.4, -0.2) is 39.6 Å². The average molecular weight is 457 g/mol. The maximum atomic E-state index is 12.7. The van der Waals surface area contributed by atoms with Gasteiger partial charge in [0.1, 0.15) is 12.7 Å². The predicted molar refractivity (Wildman–Crippen MR) is 122 cm³/mol. The van der Waals surface area contributed by atoms with E-state index in [9.17, 15) is 9.59 Å². The summed E-state index contributed by atoms with van der Waals surface area (Å²) >= 11 is 6.09. The largest absolute Gasteiger partial charge is 0.287 e. The highest BCUT2D eigenvalue weighted by atomic mass is 35.5. The monoisotopic (exact) mass is 456 g/mol. The Kier molecular flexibility index (Phi) is 6.16. The van der Waals surface area contributed by atoms with Crippen LogP contribution in [0.25, 0.3) is 0 Å². The van der Waals surface area contributed by atoms with Gasteiger partial charge < -0.3 is 0 Å².